The molecule has 2 aromatic rings. The number of para-hydroxylation sites is 1. The molecule has 1 heterocycles. The van der Waals surface area contributed by atoms with Crippen molar-refractivity contribution in [1.82, 2.24) is 10.2 Å². The van der Waals surface area contributed by atoms with Crippen LogP contribution in [0.5, 0.6) is 11.5 Å². The van der Waals surface area contributed by atoms with Gasteiger partial charge < -0.3 is 24.6 Å². The summed E-state index contributed by atoms with van der Waals surface area (Å²) in [5, 5.41) is 2.93. The Morgan fingerprint density at radius 2 is 1.78 bits per heavy atom. The number of methoxy groups -OCH3 is 1. The van der Waals surface area contributed by atoms with E-state index in [4.69, 9.17) is 9.47 Å². The molecule has 144 valence electrons. The average molecular weight is 369 g/mol. The molecule has 3 rings (SSSR count). The molecule has 0 aliphatic carbocycles. The SMILES string of the molecule is COc1cc(C)ccc1OCCNC(=O)N1CCN(c2ccccc2)CC1. The van der Waals surface area contributed by atoms with Crippen molar-refractivity contribution in [2.75, 3.05) is 51.3 Å². The van der Waals surface area contributed by atoms with Crippen LogP contribution in [0.3, 0.4) is 0 Å². The van der Waals surface area contributed by atoms with Gasteiger partial charge in [-0.15, -0.1) is 0 Å². The van der Waals surface area contributed by atoms with E-state index in [1.807, 2.05) is 48.2 Å². The van der Waals surface area contributed by atoms with Crippen LogP contribution in [-0.4, -0.2) is 57.4 Å². The minimum atomic E-state index is -0.0396. The number of hydrogen-bond donors (Lipinski definition) is 1. The topological polar surface area (TPSA) is 54.0 Å². The first-order valence-electron chi connectivity index (χ1n) is 9.27. The highest BCUT2D eigenvalue weighted by Gasteiger charge is 2.20. The minimum Gasteiger partial charge on any atom is -0.493 e. The van der Waals surface area contributed by atoms with E-state index in [0.717, 1.165) is 18.7 Å². The molecule has 0 radical (unpaired) electrons. The van der Waals surface area contributed by atoms with E-state index in [2.05, 4.69) is 22.3 Å². The molecule has 1 fully saturated rings. The highest BCUT2D eigenvalue weighted by Crippen LogP contribution is 2.27. The number of rotatable bonds is 6. The summed E-state index contributed by atoms with van der Waals surface area (Å²) < 4.78 is 11.0. The Labute approximate surface area is 160 Å². The van der Waals surface area contributed by atoms with Gasteiger partial charge in [-0.2, -0.15) is 0 Å². The first kappa shape index (κ1) is 18.9. The molecule has 0 atom stereocenters. The standard InChI is InChI=1S/C21H27N3O3/c1-17-8-9-19(20(16-17)26-2)27-15-10-22-21(25)24-13-11-23(12-14-24)18-6-4-3-5-7-18/h3-9,16H,10-15H2,1-2H3,(H,22,25). The van der Waals surface area contributed by atoms with Crippen molar-refractivity contribution in [1.29, 1.82) is 0 Å². The van der Waals surface area contributed by atoms with Gasteiger partial charge in [0.1, 0.15) is 6.61 Å². The number of anilines is 1. The number of piperazine rings is 1. The van der Waals surface area contributed by atoms with Gasteiger partial charge in [0.15, 0.2) is 11.5 Å². The number of carbonyl (C=O) groups excluding carboxylic acids is 1. The van der Waals surface area contributed by atoms with Crippen LogP contribution < -0.4 is 19.7 Å². The summed E-state index contributed by atoms with van der Waals surface area (Å²) in [6, 6.07) is 16.1. The Bertz CT molecular complexity index is 744. The minimum absolute atomic E-state index is 0.0396. The molecular weight excluding hydrogens is 342 g/mol. The summed E-state index contributed by atoms with van der Waals surface area (Å²) in [7, 11) is 1.62. The van der Waals surface area contributed by atoms with Crippen LogP contribution in [-0.2, 0) is 0 Å². The number of carbonyl (C=O) groups is 1. The van der Waals surface area contributed by atoms with Gasteiger partial charge >= 0.3 is 6.03 Å². The van der Waals surface area contributed by atoms with Crippen molar-refractivity contribution in [2.45, 2.75) is 6.92 Å². The van der Waals surface area contributed by atoms with Crippen LogP contribution in [0.25, 0.3) is 0 Å². The Morgan fingerprint density at radius 3 is 2.48 bits per heavy atom. The van der Waals surface area contributed by atoms with E-state index >= 15 is 0 Å². The highest BCUT2D eigenvalue weighted by molar-refractivity contribution is 5.74. The second-order valence-electron chi connectivity index (χ2n) is 6.54. The molecule has 27 heavy (non-hydrogen) atoms. The highest BCUT2D eigenvalue weighted by atomic mass is 16.5. The molecule has 6 nitrogen and oxygen atoms in total. The lowest BCUT2D eigenvalue weighted by atomic mass is 10.2. The van der Waals surface area contributed by atoms with Crippen LogP contribution >= 0.6 is 0 Å². The molecule has 0 spiro atoms. The number of hydrogen-bond acceptors (Lipinski definition) is 4. The van der Waals surface area contributed by atoms with E-state index < -0.39 is 0 Å². The van der Waals surface area contributed by atoms with Crippen LogP contribution in [0.15, 0.2) is 48.5 Å². The predicted molar refractivity (Wildman–Crippen MR) is 107 cm³/mol. The monoisotopic (exact) mass is 369 g/mol. The molecule has 1 saturated heterocycles. The van der Waals surface area contributed by atoms with Crippen molar-refractivity contribution in [3.05, 3.63) is 54.1 Å². The molecule has 1 aliphatic rings. The van der Waals surface area contributed by atoms with Crippen molar-refractivity contribution in [2.24, 2.45) is 0 Å². The fraction of sp³-hybridized carbons (Fsp3) is 0.381. The zero-order valence-electron chi connectivity index (χ0n) is 16.0. The van der Waals surface area contributed by atoms with Crippen molar-refractivity contribution in [3.63, 3.8) is 0 Å². The van der Waals surface area contributed by atoms with E-state index in [0.29, 0.717) is 37.7 Å². The maximum atomic E-state index is 12.3. The van der Waals surface area contributed by atoms with Gasteiger partial charge in [0, 0.05) is 31.9 Å². The maximum absolute atomic E-state index is 12.3. The number of benzene rings is 2. The zero-order valence-corrected chi connectivity index (χ0v) is 16.0. The molecule has 1 N–H and O–H groups in total. The smallest absolute Gasteiger partial charge is 0.317 e. The molecule has 2 amide bonds. The zero-order chi connectivity index (χ0) is 19.1. The van der Waals surface area contributed by atoms with E-state index in [1.165, 1.54) is 5.69 Å². The lowest BCUT2D eigenvalue weighted by molar-refractivity contribution is 0.191. The fourth-order valence-corrected chi connectivity index (χ4v) is 3.13. The summed E-state index contributed by atoms with van der Waals surface area (Å²) in [6.45, 7) is 5.97. The first-order chi connectivity index (χ1) is 13.2. The number of ether oxygens (including phenoxy) is 2. The number of nitrogens with one attached hydrogen (secondary N) is 1. The first-order valence-corrected chi connectivity index (χ1v) is 9.27. The van der Waals surface area contributed by atoms with E-state index in [1.54, 1.807) is 7.11 Å². The van der Waals surface area contributed by atoms with E-state index in [-0.39, 0.29) is 6.03 Å². The summed E-state index contributed by atoms with van der Waals surface area (Å²) in [5.74, 6) is 1.40. The van der Waals surface area contributed by atoms with Gasteiger partial charge in [0.2, 0.25) is 0 Å². The van der Waals surface area contributed by atoms with Gasteiger partial charge in [-0.1, -0.05) is 24.3 Å². The lowest BCUT2D eigenvalue weighted by Crippen LogP contribution is -2.52. The van der Waals surface area contributed by atoms with Gasteiger partial charge in [0.05, 0.1) is 13.7 Å². The van der Waals surface area contributed by atoms with Crippen LogP contribution in [0.1, 0.15) is 5.56 Å². The van der Waals surface area contributed by atoms with Gasteiger partial charge in [-0.25, -0.2) is 4.79 Å². The van der Waals surface area contributed by atoms with E-state index in [9.17, 15) is 4.79 Å². The molecule has 0 bridgehead atoms. The number of amides is 2. The van der Waals surface area contributed by atoms with Crippen molar-refractivity contribution < 1.29 is 14.3 Å². The third-order valence-corrected chi connectivity index (χ3v) is 4.64. The summed E-state index contributed by atoms with van der Waals surface area (Å²) >= 11 is 0. The van der Waals surface area contributed by atoms with Gasteiger partial charge in [0.25, 0.3) is 0 Å². The third kappa shape index (κ3) is 5.06. The molecule has 6 heteroatoms. The van der Waals surface area contributed by atoms with Crippen LogP contribution in [0.2, 0.25) is 0 Å². The van der Waals surface area contributed by atoms with Crippen molar-refractivity contribution in [3.8, 4) is 11.5 Å². The lowest BCUT2D eigenvalue weighted by Gasteiger charge is -2.36. The molecular formula is C21H27N3O3. The largest absolute Gasteiger partial charge is 0.493 e. The van der Waals surface area contributed by atoms with Crippen molar-refractivity contribution >= 4 is 11.7 Å². The average Bonchev–Trinajstić information content (AvgIpc) is 2.72. The number of urea groups is 1. The summed E-state index contributed by atoms with van der Waals surface area (Å²) in [5.41, 5.74) is 2.32. The number of aryl methyl sites for hydroxylation is 1. The normalized spacial score (nSPS) is 14.0. The number of nitrogens with zero attached hydrogens (tertiary/aromatic N) is 2. The maximum Gasteiger partial charge on any atom is 0.317 e. The van der Waals surface area contributed by atoms with Gasteiger partial charge in [-0.05, 0) is 36.8 Å². The third-order valence-electron chi connectivity index (χ3n) is 4.64. The Hall–Kier alpha value is -2.89. The summed E-state index contributed by atoms with van der Waals surface area (Å²) in [4.78, 5) is 16.5. The quantitative estimate of drug-likeness (QED) is 0.796. The van der Waals surface area contributed by atoms with Crippen LogP contribution in [0.4, 0.5) is 10.5 Å². The second-order valence-corrected chi connectivity index (χ2v) is 6.54. The Balaban J connectivity index is 1.39. The molecule has 2 aromatic carbocycles. The second kappa shape index (κ2) is 9.16. The Morgan fingerprint density at radius 1 is 1.04 bits per heavy atom. The predicted octanol–water partition coefficient (Wildman–Crippen LogP) is 2.91. The molecule has 0 saturated carbocycles. The Kier molecular flexibility index (Phi) is 6.41. The summed E-state index contributed by atoms with van der Waals surface area (Å²) in [6.07, 6.45) is 0. The van der Waals surface area contributed by atoms with Gasteiger partial charge in [-0.3, -0.25) is 0 Å². The van der Waals surface area contributed by atoms with Crippen LogP contribution in [0, 0.1) is 6.92 Å². The molecule has 0 unspecified atom stereocenters. The molecule has 1 aliphatic heterocycles. The fourth-order valence-electron chi connectivity index (χ4n) is 3.13. The molecule has 0 aromatic heterocycles.